The average molecular weight is 1310 g/mol. The Bertz CT molecular complexity index is 1720. The van der Waals surface area contributed by atoms with E-state index in [1.165, 1.54) is 186 Å². The number of phosphoric ester groups is 2. The van der Waals surface area contributed by atoms with E-state index in [4.69, 9.17) is 37.0 Å². The Labute approximate surface area is 543 Å². The third kappa shape index (κ3) is 64.6. The summed E-state index contributed by atoms with van der Waals surface area (Å²) in [6, 6.07) is 0. The second-order valence-corrected chi connectivity index (χ2v) is 28.7. The van der Waals surface area contributed by atoms with Gasteiger partial charge in [-0.1, -0.05) is 311 Å². The highest BCUT2D eigenvalue weighted by Crippen LogP contribution is 2.45. The number of hydrogen-bond acceptors (Lipinski definition) is 15. The molecule has 0 heterocycles. The van der Waals surface area contributed by atoms with Crippen LogP contribution in [-0.4, -0.2) is 96.7 Å². The van der Waals surface area contributed by atoms with Gasteiger partial charge in [0.05, 0.1) is 26.4 Å². The predicted molar refractivity (Wildman–Crippen MR) is 358 cm³/mol. The van der Waals surface area contributed by atoms with Crippen molar-refractivity contribution in [3.63, 3.8) is 0 Å². The van der Waals surface area contributed by atoms with Crippen LogP contribution in [0.25, 0.3) is 0 Å². The number of aliphatic hydroxyl groups is 1. The topological polar surface area (TPSA) is 237 Å². The molecule has 0 saturated carbocycles. The summed E-state index contributed by atoms with van der Waals surface area (Å²) in [6.45, 7) is 7.16. The highest BCUT2D eigenvalue weighted by atomic mass is 31.2. The van der Waals surface area contributed by atoms with Crippen molar-refractivity contribution in [2.75, 3.05) is 39.6 Å². The number of esters is 4. The van der Waals surface area contributed by atoms with Crippen molar-refractivity contribution < 1.29 is 80.2 Å². The number of phosphoric acid groups is 2. The van der Waals surface area contributed by atoms with Gasteiger partial charge in [-0.25, -0.2) is 9.13 Å². The number of aliphatic hydroxyl groups excluding tert-OH is 1. The van der Waals surface area contributed by atoms with Crippen molar-refractivity contribution in [1.29, 1.82) is 0 Å². The van der Waals surface area contributed by atoms with Gasteiger partial charge in [0.15, 0.2) is 12.2 Å². The van der Waals surface area contributed by atoms with Crippen LogP contribution < -0.4 is 0 Å². The molecule has 5 atom stereocenters. The van der Waals surface area contributed by atoms with E-state index < -0.39 is 97.5 Å². The second-order valence-electron chi connectivity index (χ2n) is 25.7. The normalized spacial score (nSPS) is 14.1. The second kappa shape index (κ2) is 63.5. The number of carbonyl (C=O) groups excluding carboxylic acids is 4. The number of rotatable bonds is 70. The van der Waals surface area contributed by atoms with Gasteiger partial charge in [0.25, 0.3) is 0 Å². The van der Waals surface area contributed by atoms with Gasteiger partial charge in [-0.3, -0.25) is 37.3 Å². The highest BCUT2D eigenvalue weighted by molar-refractivity contribution is 7.47. The smallest absolute Gasteiger partial charge is 0.462 e. The Morgan fingerprint density at radius 2 is 0.517 bits per heavy atom. The van der Waals surface area contributed by atoms with Crippen LogP contribution in [0.2, 0.25) is 0 Å². The van der Waals surface area contributed by atoms with Crippen molar-refractivity contribution in [1.82, 2.24) is 0 Å². The van der Waals surface area contributed by atoms with E-state index in [0.29, 0.717) is 31.6 Å². The molecule has 528 valence electrons. The first-order chi connectivity index (χ1) is 43.0. The van der Waals surface area contributed by atoms with Gasteiger partial charge >= 0.3 is 39.5 Å². The minimum Gasteiger partial charge on any atom is -0.462 e. The first-order valence-electron chi connectivity index (χ1n) is 36.6. The minimum absolute atomic E-state index is 0.104. The van der Waals surface area contributed by atoms with Gasteiger partial charge in [-0.2, -0.15) is 0 Å². The van der Waals surface area contributed by atoms with Gasteiger partial charge in [-0.05, 0) is 31.6 Å². The summed E-state index contributed by atoms with van der Waals surface area (Å²) in [6.07, 6.45) is 50.1. The molecular weight excluding hydrogens is 1170 g/mol. The van der Waals surface area contributed by atoms with Crippen LogP contribution in [0, 0.1) is 5.92 Å². The molecule has 0 radical (unpaired) electrons. The molecule has 0 aromatic rings. The largest absolute Gasteiger partial charge is 0.472 e. The van der Waals surface area contributed by atoms with Crippen LogP contribution in [0.5, 0.6) is 0 Å². The van der Waals surface area contributed by atoms with Crippen molar-refractivity contribution in [3.05, 3.63) is 0 Å². The first kappa shape index (κ1) is 87.1. The van der Waals surface area contributed by atoms with Gasteiger partial charge in [0.2, 0.25) is 0 Å². The van der Waals surface area contributed by atoms with Crippen LogP contribution in [0.1, 0.15) is 362 Å². The molecule has 0 aromatic heterocycles. The molecule has 2 unspecified atom stereocenters. The van der Waals surface area contributed by atoms with E-state index in [9.17, 15) is 43.2 Å². The van der Waals surface area contributed by atoms with Crippen molar-refractivity contribution >= 4 is 39.5 Å². The highest BCUT2D eigenvalue weighted by Gasteiger charge is 2.30. The summed E-state index contributed by atoms with van der Waals surface area (Å²) in [4.78, 5) is 72.4. The lowest BCUT2D eigenvalue weighted by Gasteiger charge is -2.21. The van der Waals surface area contributed by atoms with E-state index >= 15 is 0 Å². The number of unbranched alkanes of at least 4 members (excludes halogenated alkanes) is 42. The molecule has 0 fully saturated rings. The maximum atomic E-state index is 13.0. The monoisotopic (exact) mass is 1310 g/mol. The zero-order valence-electron chi connectivity index (χ0n) is 57.6. The lowest BCUT2D eigenvalue weighted by atomic mass is 10.0. The maximum absolute atomic E-state index is 13.0. The van der Waals surface area contributed by atoms with Gasteiger partial charge in [0.1, 0.15) is 19.3 Å². The number of hydrogen-bond donors (Lipinski definition) is 3. The molecule has 0 amide bonds. The molecule has 0 aliphatic heterocycles. The third-order valence-corrected chi connectivity index (χ3v) is 18.2. The molecule has 0 aliphatic carbocycles. The van der Waals surface area contributed by atoms with Crippen LogP contribution >= 0.6 is 15.6 Å². The summed E-state index contributed by atoms with van der Waals surface area (Å²) < 4.78 is 68.2. The lowest BCUT2D eigenvalue weighted by molar-refractivity contribution is -0.161. The Balaban J connectivity index is 5.18. The zero-order chi connectivity index (χ0) is 65.6. The summed E-state index contributed by atoms with van der Waals surface area (Å²) in [7, 11) is -9.89. The average Bonchev–Trinajstić information content (AvgIpc) is 3.72. The van der Waals surface area contributed by atoms with Crippen molar-refractivity contribution in [2.24, 2.45) is 5.92 Å². The zero-order valence-corrected chi connectivity index (χ0v) is 59.4. The molecule has 89 heavy (non-hydrogen) atoms. The van der Waals surface area contributed by atoms with Crippen LogP contribution in [-0.2, 0) is 65.4 Å². The van der Waals surface area contributed by atoms with E-state index in [1.54, 1.807) is 0 Å². The fraction of sp³-hybridized carbons (Fsp3) is 0.943. The molecule has 0 spiro atoms. The number of ether oxygens (including phenoxy) is 4. The van der Waals surface area contributed by atoms with Crippen LogP contribution in [0.15, 0.2) is 0 Å². The first-order valence-corrected chi connectivity index (χ1v) is 39.6. The van der Waals surface area contributed by atoms with Crippen LogP contribution in [0.4, 0.5) is 0 Å². The molecule has 19 heteroatoms. The van der Waals surface area contributed by atoms with E-state index in [2.05, 4.69) is 34.6 Å². The van der Waals surface area contributed by atoms with E-state index in [1.807, 2.05) is 0 Å². The van der Waals surface area contributed by atoms with Gasteiger partial charge in [0, 0.05) is 25.7 Å². The fourth-order valence-corrected chi connectivity index (χ4v) is 12.2. The van der Waals surface area contributed by atoms with Gasteiger partial charge < -0.3 is 33.8 Å². The Hall–Kier alpha value is -1.94. The molecule has 0 rings (SSSR count). The third-order valence-electron chi connectivity index (χ3n) is 16.3. The number of carbonyl (C=O) groups is 4. The van der Waals surface area contributed by atoms with Crippen molar-refractivity contribution in [3.8, 4) is 0 Å². The molecule has 3 N–H and O–H groups in total. The molecule has 0 bridgehead atoms. The Kier molecular flexibility index (Phi) is 62.1. The SMILES string of the molecule is CCCCCCCCCCCCCCCCCCCCCC(=O)O[C@H](COC(=O)CCCCCCCCCCCCC)COP(=O)(O)OC[C@@H](O)COP(=O)(O)OC[C@@H](COC(=O)CCCCCCCCCCC)OC(=O)CCCCCCCCCC(C)C. The van der Waals surface area contributed by atoms with Crippen LogP contribution in [0.3, 0.4) is 0 Å². The molecule has 0 aliphatic rings. The molecular formula is C70H136O17P2. The minimum atomic E-state index is -4.95. The lowest BCUT2D eigenvalue weighted by Crippen LogP contribution is -2.30. The standard InChI is InChI=1S/C70H136O17P2/c1-6-9-12-15-18-21-23-24-25-26-27-28-29-30-32-35-40-45-50-55-69(74)86-65(59-81-68(73)54-49-44-39-34-31-22-19-16-13-10-7-2)61-84-88(76,77)82-57-64(71)58-83-89(78,79)85-62-66(60-80-67(72)53-48-43-38-33-20-17-14-11-8-3)87-70(75)56-51-46-41-36-37-42-47-52-63(4)5/h63-66,71H,6-62H2,1-5H3,(H,76,77)(H,78,79)/t64-,65-,66-/m1/s1. The Morgan fingerprint density at radius 3 is 0.764 bits per heavy atom. The summed E-state index contributed by atoms with van der Waals surface area (Å²) in [5, 5.41) is 10.6. The molecule has 17 nitrogen and oxygen atoms in total. The fourth-order valence-electron chi connectivity index (χ4n) is 10.6. The molecule has 0 aromatic carbocycles. The summed E-state index contributed by atoms with van der Waals surface area (Å²) >= 11 is 0. The predicted octanol–water partition coefficient (Wildman–Crippen LogP) is 20.1. The quantitative estimate of drug-likeness (QED) is 0.0222. The van der Waals surface area contributed by atoms with Gasteiger partial charge in [-0.15, -0.1) is 0 Å². The van der Waals surface area contributed by atoms with Crippen molar-refractivity contribution in [2.45, 2.75) is 380 Å². The molecule has 0 saturated heterocycles. The Morgan fingerprint density at radius 1 is 0.303 bits per heavy atom. The summed E-state index contributed by atoms with van der Waals surface area (Å²) in [5.74, 6) is -1.43. The summed E-state index contributed by atoms with van der Waals surface area (Å²) in [5.41, 5.74) is 0. The van der Waals surface area contributed by atoms with E-state index in [0.717, 1.165) is 89.9 Å². The van der Waals surface area contributed by atoms with E-state index in [-0.39, 0.29) is 25.7 Å². The maximum Gasteiger partial charge on any atom is 0.472 e.